The van der Waals surface area contributed by atoms with Gasteiger partial charge in [-0.15, -0.1) is 0 Å². The molecule has 13 heavy (non-hydrogen) atoms. The largest absolute Gasteiger partial charge is 0.370 e. The zero-order chi connectivity index (χ0) is 9.68. The highest BCUT2D eigenvalue weighted by Gasteiger charge is 2.27. The minimum absolute atomic E-state index is 0.335. The summed E-state index contributed by atoms with van der Waals surface area (Å²) < 4.78 is 29.4. The highest BCUT2D eigenvalue weighted by molar-refractivity contribution is 4.84. The van der Waals surface area contributed by atoms with Gasteiger partial charge in [0.25, 0.3) is 6.43 Å². The van der Waals surface area contributed by atoms with Gasteiger partial charge < -0.3 is 4.74 Å². The zero-order valence-corrected chi connectivity index (χ0v) is 7.75. The number of rotatable bonds is 3. The summed E-state index contributed by atoms with van der Waals surface area (Å²) in [6, 6.07) is 0. The van der Waals surface area contributed by atoms with Gasteiger partial charge in [0.1, 0.15) is 6.10 Å². The van der Waals surface area contributed by atoms with Crippen molar-refractivity contribution in [3.8, 4) is 0 Å². The van der Waals surface area contributed by atoms with Crippen molar-refractivity contribution in [2.45, 2.75) is 19.5 Å². The first kappa shape index (κ1) is 10.6. The predicted molar refractivity (Wildman–Crippen MR) is 47.0 cm³/mol. The van der Waals surface area contributed by atoms with Crippen LogP contribution in [0, 0.1) is 0 Å². The van der Waals surface area contributed by atoms with Crippen LogP contribution in [0.15, 0.2) is 12.2 Å². The summed E-state index contributed by atoms with van der Waals surface area (Å²) in [5, 5.41) is 0. The van der Waals surface area contributed by atoms with E-state index < -0.39 is 12.5 Å². The van der Waals surface area contributed by atoms with E-state index in [4.69, 9.17) is 4.74 Å². The number of alkyl halides is 2. The fraction of sp³-hybridized carbons (Fsp3) is 0.778. The van der Waals surface area contributed by atoms with Crippen LogP contribution in [0.2, 0.25) is 0 Å². The fourth-order valence-corrected chi connectivity index (χ4v) is 1.30. The van der Waals surface area contributed by atoms with E-state index in [0.29, 0.717) is 13.2 Å². The van der Waals surface area contributed by atoms with Crippen LogP contribution in [-0.2, 0) is 4.74 Å². The van der Waals surface area contributed by atoms with Crippen molar-refractivity contribution >= 4 is 0 Å². The van der Waals surface area contributed by atoms with Gasteiger partial charge in [-0.3, -0.25) is 4.90 Å². The van der Waals surface area contributed by atoms with Crippen molar-refractivity contribution in [2.75, 3.05) is 26.2 Å². The Morgan fingerprint density at radius 1 is 1.62 bits per heavy atom. The summed E-state index contributed by atoms with van der Waals surface area (Å²) in [6.45, 7) is 4.15. The lowest BCUT2D eigenvalue weighted by Crippen LogP contribution is -2.45. The van der Waals surface area contributed by atoms with Crippen molar-refractivity contribution in [3.05, 3.63) is 12.2 Å². The van der Waals surface area contributed by atoms with Crippen LogP contribution in [0.25, 0.3) is 0 Å². The number of morpholine rings is 1. The molecule has 76 valence electrons. The van der Waals surface area contributed by atoms with E-state index in [9.17, 15) is 8.78 Å². The molecule has 2 nitrogen and oxygen atoms in total. The Morgan fingerprint density at radius 3 is 3.00 bits per heavy atom. The van der Waals surface area contributed by atoms with Gasteiger partial charge >= 0.3 is 0 Å². The molecule has 1 unspecified atom stereocenters. The van der Waals surface area contributed by atoms with Crippen molar-refractivity contribution in [1.82, 2.24) is 4.90 Å². The van der Waals surface area contributed by atoms with Gasteiger partial charge in [-0.25, -0.2) is 8.78 Å². The number of allylic oxidation sites excluding steroid dienone is 1. The van der Waals surface area contributed by atoms with Gasteiger partial charge in [0.2, 0.25) is 0 Å². The van der Waals surface area contributed by atoms with E-state index in [2.05, 4.69) is 0 Å². The minimum Gasteiger partial charge on any atom is -0.370 e. The maximum atomic E-state index is 12.2. The monoisotopic (exact) mass is 191 g/mol. The average Bonchev–Trinajstić information content (AvgIpc) is 2.15. The highest BCUT2D eigenvalue weighted by atomic mass is 19.3. The molecule has 1 aliphatic heterocycles. The smallest absolute Gasteiger partial charge is 0.265 e. The van der Waals surface area contributed by atoms with E-state index in [0.717, 1.165) is 13.1 Å². The fourth-order valence-electron chi connectivity index (χ4n) is 1.30. The molecule has 0 aromatic carbocycles. The second-order valence-electron chi connectivity index (χ2n) is 3.07. The molecule has 0 radical (unpaired) electrons. The molecule has 1 rings (SSSR count). The first-order valence-corrected chi connectivity index (χ1v) is 4.47. The van der Waals surface area contributed by atoms with Gasteiger partial charge in [0.05, 0.1) is 6.61 Å². The number of halogens is 2. The maximum Gasteiger partial charge on any atom is 0.265 e. The average molecular weight is 191 g/mol. The molecule has 0 N–H and O–H groups in total. The van der Waals surface area contributed by atoms with Gasteiger partial charge in [-0.2, -0.15) is 0 Å². The number of nitrogens with zero attached hydrogens (tertiary/aromatic N) is 1. The molecule has 0 aromatic heterocycles. The molecule has 0 spiro atoms. The first-order chi connectivity index (χ1) is 6.24. The van der Waals surface area contributed by atoms with Crippen molar-refractivity contribution in [1.29, 1.82) is 0 Å². The topological polar surface area (TPSA) is 12.5 Å². The van der Waals surface area contributed by atoms with Crippen LogP contribution in [0.1, 0.15) is 6.92 Å². The van der Waals surface area contributed by atoms with Crippen LogP contribution >= 0.6 is 0 Å². The third-order valence-corrected chi connectivity index (χ3v) is 2.06. The standard InChI is InChI=1S/C9H15F2NO/c1-2-3-4-12-5-6-13-8(7-12)9(10)11/h2-3,8-9H,4-7H2,1H3/b3-2+. The van der Waals surface area contributed by atoms with E-state index in [1.54, 1.807) is 0 Å². The summed E-state index contributed by atoms with van der Waals surface area (Å²) >= 11 is 0. The van der Waals surface area contributed by atoms with E-state index in [1.165, 1.54) is 0 Å². The third kappa shape index (κ3) is 3.40. The second kappa shape index (κ2) is 5.29. The quantitative estimate of drug-likeness (QED) is 0.627. The molecule has 0 amide bonds. The summed E-state index contributed by atoms with van der Waals surface area (Å²) in [7, 11) is 0. The summed E-state index contributed by atoms with van der Waals surface area (Å²) in [4.78, 5) is 1.97. The lowest BCUT2D eigenvalue weighted by Gasteiger charge is -2.31. The normalized spacial score (nSPS) is 26.0. The summed E-state index contributed by atoms with van der Waals surface area (Å²) in [6.07, 6.45) is 0.619. The Hall–Kier alpha value is -0.480. The van der Waals surface area contributed by atoms with Crippen LogP contribution in [0.5, 0.6) is 0 Å². The number of hydrogen-bond donors (Lipinski definition) is 0. The van der Waals surface area contributed by atoms with E-state index >= 15 is 0 Å². The summed E-state index contributed by atoms with van der Waals surface area (Å²) in [5.74, 6) is 0. The molecule has 0 aromatic rings. The van der Waals surface area contributed by atoms with E-state index in [1.807, 2.05) is 24.0 Å². The minimum atomic E-state index is -2.37. The molecule has 1 heterocycles. The Morgan fingerprint density at radius 2 is 2.38 bits per heavy atom. The van der Waals surface area contributed by atoms with Gasteiger partial charge in [-0.05, 0) is 6.92 Å². The number of ether oxygens (including phenoxy) is 1. The van der Waals surface area contributed by atoms with Crippen molar-refractivity contribution in [3.63, 3.8) is 0 Å². The van der Waals surface area contributed by atoms with Crippen LogP contribution in [0.3, 0.4) is 0 Å². The Bertz CT molecular complexity index is 173. The second-order valence-corrected chi connectivity index (χ2v) is 3.07. The Balaban J connectivity index is 2.33. The number of hydrogen-bond acceptors (Lipinski definition) is 2. The maximum absolute atomic E-state index is 12.2. The lowest BCUT2D eigenvalue weighted by atomic mass is 10.3. The van der Waals surface area contributed by atoms with Gasteiger partial charge in [-0.1, -0.05) is 12.2 Å². The van der Waals surface area contributed by atoms with Gasteiger partial charge in [0, 0.05) is 19.6 Å². The molecule has 1 aliphatic rings. The Kier molecular flexibility index (Phi) is 4.32. The lowest BCUT2D eigenvalue weighted by molar-refractivity contribution is -0.0998. The molecule has 1 atom stereocenters. The molecular formula is C9H15F2NO. The highest BCUT2D eigenvalue weighted by Crippen LogP contribution is 2.12. The molecular weight excluding hydrogens is 176 g/mol. The molecule has 0 aliphatic carbocycles. The van der Waals surface area contributed by atoms with Crippen LogP contribution < -0.4 is 0 Å². The van der Waals surface area contributed by atoms with Crippen LogP contribution in [-0.4, -0.2) is 43.7 Å². The predicted octanol–water partition coefficient (Wildman–Crippen LogP) is 1.53. The van der Waals surface area contributed by atoms with E-state index in [-0.39, 0.29) is 0 Å². The molecule has 0 bridgehead atoms. The first-order valence-electron chi connectivity index (χ1n) is 4.47. The molecule has 1 fully saturated rings. The molecule has 0 saturated carbocycles. The summed E-state index contributed by atoms with van der Waals surface area (Å²) in [5.41, 5.74) is 0. The Labute approximate surface area is 77.2 Å². The molecule has 1 saturated heterocycles. The third-order valence-electron chi connectivity index (χ3n) is 2.06. The molecule has 4 heteroatoms. The van der Waals surface area contributed by atoms with Gasteiger partial charge in [0.15, 0.2) is 0 Å². The van der Waals surface area contributed by atoms with Crippen molar-refractivity contribution < 1.29 is 13.5 Å². The SMILES string of the molecule is C/C=C/CN1CCOC(C(F)F)C1. The van der Waals surface area contributed by atoms with Crippen molar-refractivity contribution in [2.24, 2.45) is 0 Å². The zero-order valence-electron chi connectivity index (χ0n) is 7.75. The van der Waals surface area contributed by atoms with Crippen LogP contribution in [0.4, 0.5) is 8.78 Å².